The predicted molar refractivity (Wildman–Crippen MR) is 126 cm³/mol. The molecule has 158 valence electrons. The Morgan fingerprint density at radius 3 is 1.74 bits per heavy atom. The molecule has 0 fully saturated rings. The Morgan fingerprint density at radius 2 is 1.41 bits per heavy atom. The molecule has 0 aliphatic rings. The average Bonchev–Trinajstić information content (AvgIpc) is 2.47. The highest BCUT2D eigenvalue weighted by Crippen LogP contribution is 2.42. The lowest BCUT2D eigenvalue weighted by molar-refractivity contribution is 0.0452. The van der Waals surface area contributed by atoms with Gasteiger partial charge in [-0.15, -0.1) is 18.9 Å². The average molecular weight is 411 g/mol. The molecule has 0 saturated carbocycles. The molecule has 4 heteroatoms. The molecule has 0 rings (SSSR count). The summed E-state index contributed by atoms with van der Waals surface area (Å²) in [4.78, 5) is 0. The summed E-state index contributed by atoms with van der Waals surface area (Å²) in [6, 6.07) is 0. The van der Waals surface area contributed by atoms with Crippen LogP contribution in [-0.4, -0.2) is 28.8 Å². The zero-order chi connectivity index (χ0) is 21.7. The van der Waals surface area contributed by atoms with E-state index >= 15 is 0 Å². The molecule has 27 heavy (non-hydrogen) atoms. The summed E-state index contributed by atoms with van der Waals surface area (Å²) < 4.78 is 13.6. The van der Waals surface area contributed by atoms with E-state index in [1.54, 1.807) is 0 Å². The predicted octanol–water partition coefficient (Wildman–Crippen LogP) is 7.39. The van der Waals surface area contributed by atoms with E-state index in [1.165, 1.54) is 0 Å². The van der Waals surface area contributed by atoms with Crippen LogP contribution in [0, 0.1) is 18.3 Å². The normalized spacial score (nSPS) is 17.1. The Bertz CT molecular complexity index is 504. The van der Waals surface area contributed by atoms with E-state index in [-0.39, 0.29) is 28.2 Å². The van der Waals surface area contributed by atoms with Gasteiger partial charge in [0.25, 0.3) is 0 Å². The topological polar surface area (TPSA) is 18.5 Å². The summed E-state index contributed by atoms with van der Waals surface area (Å²) in [5, 5.41) is 0.313. The summed E-state index contributed by atoms with van der Waals surface area (Å²) in [5.74, 6) is 3.11. The van der Waals surface area contributed by atoms with Crippen LogP contribution in [0.3, 0.4) is 0 Å². The van der Waals surface area contributed by atoms with Gasteiger partial charge in [-0.2, -0.15) is 0 Å². The lowest BCUT2D eigenvalue weighted by atomic mass is 9.89. The van der Waals surface area contributed by atoms with Crippen molar-refractivity contribution in [1.82, 2.24) is 0 Å². The fraction of sp³-hybridized carbons (Fsp3) is 0.826. The van der Waals surface area contributed by atoms with Gasteiger partial charge in [0.1, 0.15) is 0 Å². The molecule has 2 nitrogen and oxygen atoms in total. The van der Waals surface area contributed by atoms with Crippen molar-refractivity contribution in [3.05, 3.63) is 12.7 Å². The van der Waals surface area contributed by atoms with E-state index in [9.17, 15) is 0 Å². The summed E-state index contributed by atoms with van der Waals surface area (Å²) in [7, 11) is -3.84. The quantitative estimate of drug-likeness (QED) is 0.212. The van der Waals surface area contributed by atoms with Gasteiger partial charge in [-0.05, 0) is 42.7 Å². The highest BCUT2D eigenvalue weighted by Gasteiger charge is 2.44. The largest absolute Gasteiger partial charge is 0.413 e. The first-order chi connectivity index (χ1) is 12.0. The Hall–Kier alpha value is -0.346. The first-order valence-electron chi connectivity index (χ1n) is 10.5. The van der Waals surface area contributed by atoms with Crippen LogP contribution in [0.2, 0.25) is 36.3 Å². The molecule has 0 N–H and O–H groups in total. The van der Waals surface area contributed by atoms with Crippen molar-refractivity contribution in [3.8, 4) is 12.3 Å². The van der Waals surface area contributed by atoms with Gasteiger partial charge in [0.2, 0.25) is 0 Å². The number of hydrogen-bond donors (Lipinski definition) is 0. The van der Waals surface area contributed by atoms with Crippen molar-refractivity contribution < 1.29 is 8.85 Å². The van der Waals surface area contributed by atoms with E-state index in [4.69, 9.17) is 15.3 Å². The van der Waals surface area contributed by atoms with Crippen LogP contribution in [-0.2, 0) is 8.85 Å². The summed E-state index contributed by atoms with van der Waals surface area (Å²) >= 11 is 0. The zero-order valence-corrected chi connectivity index (χ0v) is 22.0. The second-order valence-electron chi connectivity index (χ2n) is 10.9. The molecule has 0 aliphatic heterocycles. The van der Waals surface area contributed by atoms with Crippen LogP contribution in [0.4, 0.5) is 0 Å². The first kappa shape index (κ1) is 26.7. The zero-order valence-electron chi connectivity index (χ0n) is 20.0. The molecular formula is C23H46O2Si2. The van der Waals surface area contributed by atoms with Crippen molar-refractivity contribution >= 4 is 16.6 Å². The maximum atomic E-state index is 6.82. The van der Waals surface area contributed by atoms with Crippen molar-refractivity contribution in [3.63, 3.8) is 0 Å². The van der Waals surface area contributed by atoms with Crippen LogP contribution >= 0.6 is 0 Å². The Morgan fingerprint density at radius 1 is 0.963 bits per heavy atom. The van der Waals surface area contributed by atoms with Crippen molar-refractivity contribution in [1.29, 1.82) is 0 Å². The van der Waals surface area contributed by atoms with E-state index in [1.807, 2.05) is 6.08 Å². The molecule has 0 aromatic rings. The van der Waals surface area contributed by atoms with Gasteiger partial charge in [0.15, 0.2) is 16.6 Å². The molecule has 0 aliphatic carbocycles. The van der Waals surface area contributed by atoms with Crippen molar-refractivity contribution in [2.75, 3.05) is 0 Å². The van der Waals surface area contributed by atoms with Crippen LogP contribution in [0.15, 0.2) is 12.7 Å². The standard InChI is InChI=1S/C23H46O2Si2/c1-14-17-19(20(16-3)24-26(10,11)22(4,5)6)21(18-15-2)25-27(12,13)23(7,8)9/h2,16,19-21H,3,14,17-18H2,1,4-13H3. The summed E-state index contributed by atoms with van der Waals surface area (Å²) in [6.07, 6.45) is 10.5. The Kier molecular flexibility index (Phi) is 9.79. The Balaban J connectivity index is 5.82. The highest BCUT2D eigenvalue weighted by molar-refractivity contribution is 6.74. The molecule has 0 amide bonds. The third-order valence-electron chi connectivity index (χ3n) is 6.56. The minimum Gasteiger partial charge on any atom is -0.413 e. The maximum absolute atomic E-state index is 6.82. The fourth-order valence-corrected chi connectivity index (χ4v) is 5.35. The second-order valence-corrected chi connectivity index (χ2v) is 20.4. The highest BCUT2D eigenvalue weighted by atomic mass is 28.4. The minimum atomic E-state index is -1.92. The Labute approximate surface area is 172 Å². The van der Waals surface area contributed by atoms with Gasteiger partial charge in [0.05, 0.1) is 12.2 Å². The molecule has 0 bridgehead atoms. The summed E-state index contributed by atoms with van der Waals surface area (Å²) in [5.41, 5.74) is 0. The molecular weight excluding hydrogens is 364 g/mol. The van der Waals surface area contributed by atoms with E-state index in [0.717, 1.165) is 12.8 Å². The van der Waals surface area contributed by atoms with Crippen LogP contribution in [0.25, 0.3) is 0 Å². The van der Waals surface area contributed by atoms with Crippen molar-refractivity contribution in [2.45, 2.75) is 116 Å². The SMILES string of the molecule is C#CCC(O[Si](C)(C)C(C)(C)C)C(CCC)C(C=C)O[Si](C)(C)C(C)(C)C. The number of rotatable bonds is 10. The van der Waals surface area contributed by atoms with Gasteiger partial charge in [-0.3, -0.25) is 0 Å². The van der Waals surface area contributed by atoms with Gasteiger partial charge in [0, 0.05) is 12.3 Å². The van der Waals surface area contributed by atoms with Gasteiger partial charge in [-0.25, -0.2) is 0 Å². The summed E-state index contributed by atoms with van der Waals surface area (Å²) in [6.45, 7) is 29.2. The van der Waals surface area contributed by atoms with Gasteiger partial charge >= 0.3 is 0 Å². The van der Waals surface area contributed by atoms with Crippen LogP contribution in [0.1, 0.15) is 67.7 Å². The molecule has 0 spiro atoms. The number of terminal acetylenes is 1. The second kappa shape index (κ2) is 9.92. The maximum Gasteiger partial charge on any atom is 0.192 e. The smallest absolute Gasteiger partial charge is 0.192 e. The third kappa shape index (κ3) is 7.53. The van der Waals surface area contributed by atoms with E-state index in [0.29, 0.717) is 6.42 Å². The molecule has 0 radical (unpaired) electrons. The van der Waals surface area contributed by atoms with Crippen LogP contribution < -0.4 is 0 Å². The lowest BCUT2D eigenvalue weighted by Crippen LogP contribution is -2.50. The molecule has 3 unspecified atom stereocenters. The first-order valence-corrected chi connectivity index (χ1v) is 16.3. The van der Waals surface area contributed by atoms with Gasteiger partial charge < -0.3 is 8.85 Å². The van der Waals surface area contributed by atoms with Gasteiger partial charge in [-0.1, -0.05) is 61.0 Å². The molecule has 3 atom stereocenters. The van der Waals surface area contributed by atoms with E-state index < -0.39 is 16.6 Å². The molecule has 0 aromatic carbocycles. The molecule has 0 heterocycles. The van der Waals surface area contributed by atoms with Crippen LogP contribution in [0.5, 0.6) is 0 Å². The fourth-order valence-electron chi connectivity index (χ4n) is 2.67. The third-order valence-corrected chi connectivity index (χ3v) is 15.5. The molecule has 0 saturated heterocycles. The minimum absolute atomic E-state index is 0.0172. The number of hydrogen-bond acceptors (Lipinski definition) is 2. The molecule has 0 aromatic heterocycles. The lowest BCUT2D eigenvalue weighted by Gasteiger charge is -2.45. The monoisotopic (exact) mass is 410 g/mol. The van der Waals surface area contributed by atoms with E-state index in [2.05, 4.69) is 87.2 Å². The van der Waals surface area contributed by atoms with Crippen molar-refractivity contribution in [2.24, 2.45) is 5.92 Å².